The first kappa shape index (κ1) is 53.5. The van der Waals surface area contributed by atoms with Crippen molar-refractivity contribution in [2.75, 3.05) is 39.6 Å². The fraction of sp³-hybridized carbons (Fsp3) is 1.00. The molecular weight excluding hydrogens is 844 g/mol. The molecule has 342 valence electrons. The Morgan fingerprint density at radius 3 is 1.73 bits per heavy atom. The van der Waals surface area contributed by atoms with Gasteiger partial charge in [-0.1, -0.05) is 0 Å². The maximum atomic E-state index is 13.7. The van der Waals surface area contributed by atoms with E-state index in [1.54, 1.807) is 0 Å². The molecule has 14 N–H and O–H groups in total. The number of ether oxygens (including phenoxy) is 8. The molecule has 4 saturated heterocycles. The molecule has 4 heterocycles. The van der Waals surface area contributed by atoms with Gasteiger partial charge in [0.15, 0.2) is 25.2 Å². The van der Waals surface area contributed by atoms with Crippen LogP contribution in [-0.2, 0) is 61.2 Å². The van der Waals surface area contributed by atoms with Crippen LogP contribution in [0.5, 0.6) is 0 Å². The Kier molecular flexibility index (Phi) is 22.2. The fourth-order valence-electron chi connectivity index (χ4n) is 6.38. The zero-order valence-electron chi connectivity index (χ0n) is 32.2. The van der Waals surface area contributed by atoms with Crippen LogP contribution in [0.3, 0.4) is 0 Å². The van der Waals surface area contributed by atoms with Crippen LogP contribution < -0.4 is 40.5 Å². The van der Waals surface area contributed by atoms with E-state index >= 15 is 0 Å². The Labute approximate surface area is 358 Å². The summed E-state index contributed by atoms with van der Waals surface area (Å²) in [5, 5.41) is 137. The number of hydrogen-bond donors (Lipinski definition) is 13. The molecule has 21 unspecified atom stereocenters. The zero-order chi connectivity index (χ0) is 43.1. The zero-order valence-corrected chi connectivity index (χ0v) is 35.1. The number of phosphoric acid groups is 1. The van der Waals surface area contributed by atoms with Gasteiger partial charge in [-0.05, 0) is 26.8 Å². The first-order valence-corrected chi connectivity index (χ1v) is 19.7. The van der Waals surface area contributed by atoms with Crippen molar-refractivity contribution >= 4 is 7.82 Å². The minimum absolute atomic E-state index is 0. The van der Waals surface area contributed by atoms with E-state index in [-0.39, 0.29) is 42.7 Å². The van der Waals surface area contributed by atoms with Gasteiger partial charge in [0, 0.05) is 0 Å². The van der Waals surface area contributed by atoms with Crippen LogP contribution in [0.1, 0.15) is 20.3 Å². The molecule has 0 spiro atoms. The smallest absolute Gasteiger partial charge is 0.714 e. The van der Waals surface area contributed by atoms with E-state index < -0.39 is 163 Å². The van der Waals surface area contributed by atoms with Gasteiger partial charge in [-0.25, -0.2) is 9.45 Å². The topological polar surface area (TPSA) is 420 Å². The molecule has 0 aliphatic carbocycles. The van der Waals surface area contributed by atoms with Gasteiger partial charge in [-0.15, -0.1) is 4.67 Å². The van der Waals surface area contributed by atoms with Gasteiger partial charge in [-0.2, -0.15) is 0 Å². The molecule has 0 radical (unpaired) electrons. The van der Waals surface area contributed by atoms with Crippen LogP contribution in [0.4, 0.5) is 0 Å². The second kappa shape index (κ2) is 24.5. The number of hydrogen-bond acceptors (Lipinski definition) is 27. The van der Waals surface area contributed by atoms with E-state index in [1.807, 2.05) is 0 Å². The minimum Gasteiger partial charge on any atom is -0.714 e. The summed E-state index contributed by atoms with van der Waals surface area (Å²) in [5.41, 5.74) is 5.49. The largest absolute Gasteiger partial charge is 1.00 e. The molecular formula is C30H55NNaO26P. The van der Waals surface area contributed by atoms with Crippen LogP contribution in [-0.4, -0.2) is 230 Å². The summed E-state index contributed by atoms with van der Waals surface area (Å²) in [6, 6.07) is 0. The third kappa shape index (κ3) is 12.9. The first-order chi connectivity index (χ1) is 27.5. The second-order valence-corrected chi connectivity index (χ2v) is 15.3. The summed E-state index contributed by atoms with van der Waals surface area (Å²) in [6.45, 7) is -1.03. The van der Waals surface area contributed by atoms with E-state index in [4.69, 9.17) is 48.2 Å². The summed E-state index contributed by atoms with van der Waals surface area (Å²) in [7, 11) is -5.71. The van der Waals surface area contributed by atoms with Crippen molar-refractivity contribution in [1.29, 1.82) is 0 Å². The molecule has 27 nitrogen and oxygen atoms in total. The van der Waals surface area contributed by atoms with E-state index in [0.717, 1.165) is 0 Å². The SMILES string of the molecule is CC1OC(OC2C(OC3C(C)OC(OCCCN)C(O)C3O)OC(CO)C(OC3OC(CO)C(O)C(O)C3O)C2OP(=O)(O[O-])OOC(CO)CO)C(O)C(O)C1O.[Na+]. The summed E-state index contributed by atoms with van der Waals surface area (Å²) < 4.78 is 73.5. The van der Waals surface area contributed by atoms with Gasteiger partial charge in [0.25, 0.3) is 0 Å². The predicted molar refractivity (Wildman–Crippen MR) is 176 cm³/mol. The Balaban J connectivity index is 0.00000930. The van der Waals surface area contributed by atoms with Crippen molar-refractivity contribution in [2.24, 2.45) is 5.73 Å². The molecule has 4 rings (SSSR count). The molecule has 0 aromatic rings. The third-order valence-corrected chi connectivity index (χ3v) is 10.7. The quantitative estimate of drug-likeness (QED) is 0.0177. The molecule has 0 bridgehead atoms. The summed E-state index contributed by atoms with van der Waals surface area (Å²) in [5.74, 6) is 0. The van der Waals surface area contributed by atoms with Crippen molar-refractivity contribution in [2.45, 2.75) is 149 Å². The van der Waals surface area contributed by atoms with Gasteiger partial charge in [0.05, 0.1) is 45.2 Å². The third-order valence-electron chi connectivity index (χ3n) is 9.73. The molecule has 0 saturated carbocycles. The van der Waals surface area contributed by atoms with Crippen molar-refractivity contribution in [3.05, 3.63) is 0 Å². The monoisotopic (exact) mass is 899 g/mol. The van der Waals surface area contributed by atoms with Crippen molar-refractivity contribution in [1.82, 2.24) is 0 Å². The van der Waals surface area contributed by atoms with Crippen molar-refractivity contribution < 1.29 is 157 Å². The molecule has 4 aliphatic heterocycles. The Morgan fingerprint density at radius 1 is 0.627 bits per heavy atom. The minimum atomic E-state index is -5.71. The van der Waals surface area contributed by atoms with Crippen LogP contribution in [0.15, 0.2) is 0 Å². The Bertz CT molecular complexity index is 1270. The summed E-state index contributed by atoms with van der Waals surface area (Å²) in [6.07, 6.45) is -38.3. The average molecular weight is 900 g/mol. The van der Waals surface area contributed by atoms with Crippen molar-refractivity contribution in [3.63, 3.8) is 0 Å². The molecule has 0 aromatic carbocycles. The molecule has 0 amide bonds. The maximum Gasteiger partial charge on any atom is 1.00 e. The Morgan fingerprint density at radius 2 is 1.15 bits per heavy atom. The normalized spacial score (nSPS) is 44.2. The van der Waals surface area contributed by atoms with E-state index in [2.05, 4.69) is 14.2 Å². The van der Waals surface area contributed by atoms with E-state index in [1.165, 1.54) is 13.8 Å². The van der Waals surface area contributed by atoms with Gasteiger partial charge in [0.1, 0.15) is 91.6 Å². The number of aliphatic hydroxyl groups is 12. The van der Waals surface area contributed by atoms with Gasteiger partial charge in [0.2, 0.25) is 0 Å². The number of rotatable bonds is 20. The average Bonchev–Trinajstić information content (AvgIpc) is 3.21. The van der Waals surface area contributed by atoms with Crippen LogP contribution in [0.2, 0.25) is 0 Å². The van der Waals surface area contributed by atoms with Gasteiger partial charge in [-0.3, -0.25) is 4.52 Å². The van der Waals surface area contributed by atoms with Crippen molar-refractivity contribution in [3.8, 4) is 0 Å². The van der Waals surface area contributed by atoms with Gasteiger partial charge < -0.3 is 115 Å². The molecule has 21 atom stereocenters. The first-order valence-electron chi connectivity index (χ1n) is 18.2. The molecule has 4 aliphatic rings. The standard InChI is InChI=1S/C30H56NO26P.Na/c1-10-15(36)17(38)20(41)28(47-10)53-26-25(55-58(45,56-44)57-54-12(6-32)7-33)24(52-29-21(42)18(39)16(37)13(8-34)49-29)14(9-35)50-30(26)51-23-11(2)48-27(22(43)19(23)40)46-5-3-4-31;/h10-30,32-44H,3-9,31H2,1-2H3;/q;+1/p-1. The van der Waals surface area contributed by atoms with Gasteiger partial charge >= 0.3 is 37.4 Å². The number of aliphatic hydroxyl groups excluding tert-OH is 12. The molecule has 59 heavy (non-hydrogen) atoms. The second-order valence-electron chi connectivity index (χ2n) is 13.9. The maximum absolute atomic E-state index is 13.7. The summed E-state index contributed by atoms with van der Waals surface area (Å²) in [4.78, 5) is 4.64. The fourth-order valence-corrected chi connectivity index (χ4v) is 7.24. The van der Waals surface area contributed by atoms with Crippen LogP contribution in [0, 0.1) is 0 Å². The molecule has 4 fully saturated rings. The van der Waals surface area contributed by atoms with Crippen LogP contribution in [0.25, 0.3) is 0 Å². The van der Waals surface area contributed by atoms with E-state index in [0.29, 0.717) is 6.42 Å². The predicted octanol–water partition coefficient (Wildman–Crippen LogP) is -11.6. The Hall–Kier alpha value is 0.190. The molecule has 29 heteroatoms. The molecule has 0 aromatic heterocycles. The van der Waals surface area contributed by atoms with Crippen LogP contribution >= 0.6 is 7.82 Å². The number of nitrogens with two attached hydrogens (primary N) is 1. The summed E-state index contributed by atoms with van der Waals surface area (Å²) >= 11 is 0. The van der Waals surface area contributed by atoms with E-state index in [9.17, 15) is 71.1 Å².